The first-order chi connectivity index (χ1) is 6.56. The molecule has 1 aromatic rings. The molecule has 0 spiro atoms. The number of rotatable bonds is 3. The number of phenols is 1. The number of ether oxygens (including phenoxy) is 1. The number of benzene rings is 1. The summed E-state index contributed by atoms with van der Waals surface area (Å²) >= 11 is 3.28. The minimum absolute atomic E-state index is 0.00532. The van der Waals surface area contributed by atoms with Gasteiger partial charge in [0.1, 0.15) is 17.3 Å². The third kappa shape index (κ3) is 2.26. The van der Waals surface area contributed by atoms with Gasteiger partial charge in [-0.15, -0.1) is 0 Å². The monoisotopic (exact) mass is 258 g/mol. The smallest absolute Gasteiger partial charge is 0.134 e. The molecule has 0 aromatic heterocycles. The van der Waals surface area contributed by atoms with Gasteiger partial charge in [0.2, 0.25) is 0 Å². The molecule has 4 heteroatoms. The molecule has 1 aromatic carbocycles. The van der Waals surface area contributed by atoms with Crippen LogP contribution in [0.25, 0.3) is 0 Å². The summed E-state index contributed by atoms with van der Waals surface area (Å²) < 4.78 is 5.69. The van der Waals surface area contributed by atoms with Crippen molar-refractivity contribution in [2.24, 2.45) is 0 Å². The van der Waals surface area contributed by atoms with Crippen molar-refractivity contribution in [1.82, 2.24) is 0 Å². The topological polar surface area (TPSA) is 46.5 Å². The van der Waals surface area contributed by atoms with Crippen LogP contribution in [-0.2, 0) is 11.2 Å². The summed E-state index contributed by atoms with van der Waals surface area (Å²) in [4.78, 5) is 10.9. The number of hydrogen-bond donors (Lipinski definition) is 1. The molecule has 0 saturated heterocycles. The zero-order valence-electron chi connectivity index (χ0n) is 8.00. The quantitative estimate of drug-likeness (QED) is 0.905. The number of carbonyl (C=O) groups excluding carboxylic acids is 1. The average Bonchev–Trinajstić information content (AvgIpc) is 2.12. The Labute approximate surface area is 90.8 Å². The van der Waals surface area contributed by atoms with Crippen molar-refractivity contribution >= 4 is 21.7 Å². The maximum absolute atomic E-state index is 10.9. The molecule has 14 heavy (non-hydrogen) atoms. The highest BCUT2D eigenvalue weighted by atomic mass is 79.9. The Morgan fingerprint density at radius 2 is 2.21 bits per heavy atom. The Kier molecular flexibility index (Phi) is 3.52. The van der Waals surface area contributed by atoms with E-state index in [9.17, 15) is 9.90 Å². The maximum atomic E-state index is 10.9. The molecule has 3 nitrogen and oxygen atoms in total. The van der Waals surface area contributed by atoms with Crippen molar-refractivity contribution < 1.29 is 14.6 Å². The first-order valence-corrected chi connectivity index (χ1v) is 4.89. The number of ketones is 1. The van der Waals surface area contributed by atoms with Crippen molar-refractivity contribution in [2.75, 3.05) is 7.11 Å². The van der Waals surface area contributed by atoms with Gasteiger partial charge in [-0.25, -0.2) is 0 Å². The largest absolute Gasteiger partial charge is 0.508 e. The molecule has 0 unspecified atom stereocenters. The normalized spacial score (nSPS) is 9.93. The van der Waals surface area contributed by atoms with E-state index in [4.69, 9.17) is 4.74 Å². The molecule has 0 atom stereocenters. The van der Waals surface area contributed by atoms with Crippen molar-refractivity contribution in [3.8, 4) is 11.5 Å². The van der Waals surface area contributed by atoms with Crippen LogP contribution in [0, 0.1) is 0 Å². The summed E-state index contributed by atoms with van der Waals surface area (Å²) in [5, 5.41) is 9.52. The zero-order valence-corrected chi connectivity index (χ0v) is 9.59. The first-order valence-electron chi connectivity index (χ1n) is 4.10. The SMILES string of the molecule is COc1ccc(O)c(CC(C)=O)c1Br. The summed E-state index contributed by atoms with van der Waals surface area (Å²) in [6.07, 6.45) is 0.198. The predicted molar refractivity (Wildman–Crippen MR) is 56.7 cm³/mol. The average molecular weight is 259 g/mol. The number of methoxy groups -OCH3 is 1. The Balaban J connectivity index is 3.18. The highest BCUT2D eigenvalue weighted by Gasteiger charge is 2.12. The zero-order chi connectivity index (χ0) is 10.7. The molecule has 0 radical (unpaired) electrons. The number of halogens is 1. The summed E-state index contributed by atoms with van der Waals surface area (Å²) in [5.41, 5.74) is 0.567. The summed E-state index contributed by atoms with van der Waals surface area (Å²) in [7, 11) is 1.54. The van der Waals surface area contributed by atoms with Crippen LogP contribution in [-0.4, -0.2) is 18.0 Å². The standard InChI is InChI=1S/C10H11BrO3/c1-6(12)5-7-8(13)3-4-9(14-2)10(7)11/h3-4,13H,5H2,1-2H3. The number of Topliss-reactive ketones (excluding diaryl/α,β-unsaturated/α-hetero) is 1. The Morgan fingerprint density at radius 1 is 1.57 bits per heavy atom. The number of carbonyl (C=O) groups is 1. The van der Waals surface area contributed by atoms with E-state index in [2.05, 4.69) is 15.9 Å². The van der Waals surface area contributed by atoms with E-state index in [1.54, 1.807) is 6.07 Å². The lowest BCUT2D eigenvalue weighted by molar-refractivity contribution is -0.116. The van der Waals surface area contributed by atoms with E-state index in [-0.39, 0.29) is 18.0 Å². The molecule has 0 heterocycles. The third-order valence-electron chi connectivity index (χ3n) is 1.83. The van der Waals surface area contributed by atoms with Crippen LogP contribution >= 0.6 is 15.9 Å². The molecular weight excluding hydrogens is 248 g/mol. The van der Waals surface area contributed by atoms with Crippen molar-refractivity contribution in [3.63, 3.8) is 0 Å². The van der Waals surface area contributed by atoms with Gasteiger partial charge in [0, 0.05) is 12.0 Å². The number of phenolic OH excluding ortho intramolecular Hbond substituents is 1. The van der Waals surface area contributed by atoms with E-state index in [1.807, 2.05) is 0 Å². The molecule has 1 rings (SSSR count). The van der Waals surface area contributed by atoms with Crippen molar-refractivity contribution in [3.05, 3.63) is 22.2 Å². The Hall–Kier alpha value is -1.03. The molecule has 0 aliphatic rings. The molecule has 0 aliphatic heterocycles. The van der Waals surface area contributed by atoms with Crippen LogP contribution in [0.3, 0.4) is 0 Å². The van der Waals surface area contributed by atoms with Gasteiger partial charge in [-0.2, -0.15) is 0 Å². The fourth-order valence-corrected chi connectivity index (χ4v) is 1.80. The molecule has 0 amide bonds. The second-order valence-corrected chi connectivity index (χ2v) is 3.75. The lowest BCUT2D eigenvalue weighted by Gasteiger charge is -2.09. The minimum Gasteiger partial charge on any atom is -0.508 e. The molecule has 0 fully saturated rings. The lowest BCUT2D eigenvalue weighted by Crippen LogP contribution is -1.99. The second-order valence-electron chi connectivity index (χ2n) is 2.96. The third-order valence-corrected chi connectivity index (χ3v) is 2.70. The lowest BCUT2D eigenvalue weighted by atomic mass is 10.1. The molecule has 0 bridgehead atoms. The van der Waals surface area contributed by atoms with Gasteiger partial charge in [-0.3, -0.25) is 4.79 Å². The summed E-state index contributed by atoms with van der Waals surface area (Å²) in [5.74, 6) is 0.709. The Morgan fingerprint density at radius 3 is 2.71 bits per heavy atom. The Bertz CT molecular complexity index is 361. The fraction of sp³-hybridized carbons (Fsp3) is 0.300. The highest BCUT2D eigenvalue weighted by Crippen LogP contribution is 2.34. The molecule has 0 aliphatic carbocycles. The van der Waals surface area contributed by atoms with E-state index in [1.165, 1.54) is 20.1 Å². The van der Waals surface area contributed by atoms with Gasteiger partial charge >= 0.3 is 0 Å². The van der Waals surface area contributed by atoms with Gasteiger partial charge in [0.15, 0.2) is 0 Å². The molecule has 76 valence electrons. The fourth-order valence-electron chi connectivity index (χ4n) is 1.16. The number of aromatic hydroxyl groups is 1. The van der Waals surface area contributed by atoms with E-state index >= 15 is 0 Å². The number of hydrogen-bond acceptors (Lipinski definition) is 3. The van der Waals surface area contributed by atoms with Gasteiger partial charge in [0.05, 0.1) is 11.6 Å². The van der Waals surface area contributed by atoms with Crippen LogP contribution in [0.4, 0.5) is 0 Å². The van der Waals surface area contributed by atoms with E-state index in [0.717, 1.165) is 0 Å². The van der Waals surface area contributed by atoms with Crippen LogP contribution < -0.4 is 4.74 Å². The van der Waals surface area contributed by atoms with Crippen molar-refractivity contribution in [2.45, 2.75) is 13.3 Å². The minimum atomic E-state index is -0.00532. The van der Waals surface area contributed by atoms with E-state index in [0.29, 0.717) is 15.8 Å². The summed E-state index contributed by atoms with van der Waals surface area (Å²) in [6.45, 7) is 1.48. The molecule has 1 N–H and O–H groups in total. The highest BCUT2D eigenvalue weighted by molar-refractivity contribution is 9.10. The van der Waals surface area contributed by atoms with Gasteiger partial charge in [-0.05, 0) is 35.0 Å². The van der Waals surface area contributed by atoms with Crippen LogP contribution in [0.15, 0.2) is 16.6 Å². The van der Waals surface area contributed by atoms with Gasteiger partial charge < -0.3 is 9.84 Å². The van der Waals surface area contributed by atoms with Crippen LogP contribution in [0.5, 0.6) is 11.5 Å². The second kappa shape index (κ2) is 4.46. The van der Waals surface area contributed by atoms with E-state index < -0.39 is 0 Å². The van der Waals surface area contributed by atoms with Gasteiger partial charge in [0.25, 0.3) is 0 Å². The maximum Gasteiger partial charge on any atom is 0.134 e. The van der Waals surface area contributed by atoms with Crippen molar-refractivity contribution in [1.29, 1.82) is 0 Å². The van der Waals surface area contributed by atoms with Crippen LogP contribution in [0.1, 0.15) is 12.5 Å². The predicted octanol–water partition coefficient (Wildman–Crippen LogP) is 2.29. The van der Waals surface area contributed by atoms with Crippen LogP contribution in [0.2, 0.25) is 0 Å². The molecular formula is C10H11BrO3. The first kappa shape index (κ1) is 11.0. The molecule has 0 saturated carbocycles. The van der Waals surface area contributed by atoms with Gasteiger partial charge in [-0.1, -0.05) is 0 Å². The summed E-state index contributed by atoms with van der Waals surface area (Å²) in [6, 6.07) is 3.16.